The fourth-order valence-corrected chi connectivity index (χ4v) is 6.14. The highest BCUT2D eigenvalue weighted by atomic mass is 35.5. The average molecular weight is 487 g/mol. The van der Waals surface area contributed by atoms with Crippen LogP contribution in [0.4, 0.5) is 19.7 Å². The Kier molecular flexibility index (Phi) is 4.90. The minimum absolute atomic E-state index is 0.140. The molecule has 33 heavy (non-hydrogen) atoms. The van der Waals surface area contributed by atoms with Crippen LogP contribution in [0.2, 0.25) is 5.02 Å². The van der Waals surface area contributed by atoms with Gasteiger partial charge in [-0.15, -0.1) is 0 Å². The number of benzene rings is 2. The predicted octanol–water partition coefficient (Wildman–Crippen LogP) is 4.92. The number of nitrogens with two attached hydrogens (primary N) is 1. The maximum absolute atomic E-state index is 16.1. The first-order valence-corrected chi connectivity index (χ1v) is 12.1. The molecule has 2 aromatic carbocycles. The third-order valence-electron chi connectivity index (χ3n) is 6.59. The third-order valence-corrected chi connectivity index (χ3v) is 7.78. The predicted molar refractivity (Wildman–Crippen MR) is 129 cm³/mol. The molecule has 0 saturated carbocycles. The minimum atomic E-state index is -0.570. The summed E-state index contributed by atoms with van der Waals surface area (Å²) in [4.78, 5) is 15.6. The maximum atomic E-state index is 16.1. The maximum Gasteiger partial charge on any atom is 0.181 e. The van der Waals surface area contributed by atoms with Crippen molar-refractivity contribution in [2.45, 2.75) is 25.8 Å². The Morgan fingerprint density at radius 2 is 2.00 bits per heavy atom. The highest BCUT2D eigenvalue weighted by molar-refractivity contribution is 7.22. The highest BCUT2D eigenvalue weighted by Crippen LogP contribution is 2.42. The second-order valence-electron chi connectivity index (χ2n) is 8.82. The summed E-state index contributed by atoms with van der Waals surface area (Å²) in [6.45, 7) is 4.41. The van der Waals surface area contributed by atoms with E-state index in [0.717, 1.165) is 37.4 Å². The molecule has 2 bridgehead atoms. The number of thiazole rings is 1. The molecule has 2 aromatic heterocycles. The molecule has 10 heteroatoms. The van der Waals surface area contributed by atoms with E-state index in [4.69, 9.17) is 22.3 Å². The molecule has 3 N–H and O–H groups in total. The van der Waals surface area contributed by atoms with Crippen LogP contribution < -0.4 is 16.0 Å². The minimum Gasteiger partial charge on any atom is -0.375 e. The second kappa shape index (κ2) is 7.72. The lowest BCUT2D eigenvalue weighted by atomic mass is 9.97. The van der Waals surface area contributed by atoms with E-state index in [1.54, 1.807) is 13.0 Å². The van der Waals surface area contributed by atoms with E-state index in [1.165, 1.54) is 18.6 Å². The first-order valence-electron chi connectivity index (χ1n) is 10.9. The van der Waals surface area contributed by atoms with E-state index in [1.807, 2.05) is 0 Å². The number of anilines is 2. The van der Waals surface area contributed by atoms with Gasteiger partial charge in [-0.1, -0.05) is 22.9 Å². The molecule has 0 spiro atoms. The van der Waals surface area contributed by atoms with Gasteiger partial charge in [0.15, 0.2) is 10.9 Å². The van der Waals surface area contributed by atoms with Crippen molar-refractivity contribution in [1.82, 2.24) is 20.3 Å². The van der Waals surface area contributed by atoms with E-state index in [-0.39, 0.29) is 25.9 Å². The lowest BCUT2D eigenvalue weighted by molar-refractivity contribution is 0.360. The summed E-state index contributed by atoms with van der Waals surface area (Å²) in [5.74, 6) is 0.685. The molecule has 0 aliphatic carbocycles. The number of fused-ring (bicyclic) bond motifs is 6. The second-order valence-corrected chi connectivity index (χ2v) is 10.3. The molecule has 2 unspecified atom stereocenters. The van der Waals surface area contributed by atoms with E-state index in [9.17, 15) is 4.39 Å². The molecule has 3 aliphatic rings. The van der Waals surface area contributed by atoms with Crippen molar-refractivity contribution in [2.75, 3.05) is 30.3 Å². The van der Waals surface area contributed by atoms with Gasteiger partial charge in [-0.2, -0.15) is 0 Å². The van der Waals surface area contributed by atoms with Crippen LogP contribution in [0, 0.1) is 24.5 Å². The van der Waals surface area contributed by atoms with Gasteiger partial charge in [-0.05, 0) is 50.4 Å². The molecule has 7 rings (SSSR count). The normalized spacial score (nSPS) is 20.7. The van der Waals surface area contributed by atoms with Crippen molar-refractivity contribution in [3.05, 3.63) is 40.7 Å². The summed E-state index contributed by atoms with van der Waals surface area (Å²) in [5.41, 5.74) is 6.83. The van der Waals surface area contributed by atoms with Crippen LogP contribution in [-0.2, 0) is 0 Å². The van der Waals surface area contributed by atoms with Crippen LogP contribution in [0.25, 0.3) is 32.2 Å². The lowest BCUT2D eigenvalue weighted by Gasteiger charge is -2.25. The molecule has 3 fully saturated rings. The number of hydrogen-bond donors (Lipinski definition) is 2. The summed E-state index contributed by atoms with van der Waals surface area (Å²) in [7, 11) is 0. The largest absolute Gasteiger partial charge is 0.375 e. The van der Waals surface area contributed by atoms with Gasteiger partial charge >= 0.3 is 0 Å². The van der Waals surface area contributed by atoms with Gasteiger partial charge in [0.1, 0.15) is 23.0 Å². The van der Waals surface area contributed by atoms with E-state index in [2.05, 4.69) is 20.2 Å². The smallest absolute Gasteiger partial charge is 0.181 e. The Bertz CT molecular complexity index is 1400. The molecule has 170 valence electrons. The highest BCUT2D eigenvalue weighted by Gasteiger charge is 2.31. The number of aromatic nitrogens is 3. The molecule has 2 atom stereocenters. The first-order chi connectivity index (χ1) is 15.9. The van der Waals surface area contributed by atoms with E-state index < -0.39 is 11.6 Å². The Hall–Kier alpha value is -2.62. The quantitative estimate of drug-likeness (QED) is 0.419. The standard InChI is InChI=1S/C23H21ClF2N6S/c1-10-29-19-14(22(30-10)32-8-11-2-3-12(9-32)28-7-11)6-15(24)17(18(19)26)13-4-5-16(25)21-20(13)31-23(27)33-21/h4-6,11-12,28H,2-3,7-9H2,1H3,(H2,27,31). The molecule has 3 saturated heterocycles. The molecule has 0 amide bonds. The van der Waals surface area contributed by atoms with Crippen LogP contribution in [0.5, 0.6) is 0 Å². The Morgan fingerprint density at radius 3 is 2.79 bits per heavy atom. The van der Waals surface area contributed by atoms with Gasteiger partial charge < -0.3 is 16.0 Å². The lowest BCUT2D eigenvalue weighted by Crippen LogP contribution is -2.39. The van der Waals surface area contributed by atoms with Gasteiger partial charge in [-0.25, -0.2) is 23.7 Å². The number of halogens is 3. The summed E-state index contributed by atoms with van der Waals surface area (Å²) >= 11 is 7.69. The van der Waals surface area contributed by atoms with E-state index >= 15 is 4.39 Å². The zero-order chi connectivity index (χ0) is 22.9. The summed E-state index contributed by atoms with van der Waals surface area (Å²) in [6.07, 6.45) is 2.30. The van der Waals surface area contributed by atoms with Gasteiger partial charge in [-0.3, -0.25) is 0 Å². The number of nitrogen functional groups attached to an aromatic ring is 1. The van der Waals surface area contributed by atoms with Crippen LogP contribution in [0.15, 0.2) is 18.2 Å². The summed E-state index contributed by atoms with van der Waals surface area (Å²) in [6, 6.07) is 4.87. The van der Waals surface area contributed by atoms with Gasteiger partial charge in [0.2, 0.25) is 0 Å². The zero-order valence-electron chi connectivity index (χ0n) is 17.8. The van der Waals surface area contributed by atoms with Crippen molar-refractivity contribution < 1.29 is 8.78 Å². The fourth-order valence-electron chi connectivity index (χ4n) is 5.08. The third kappa shape index (κ3) is 3.41. The van der Waals surface area contributed by atoms with Crippen LogP contribution in [0.1, 0.15) is 18.7 Å². The van der Waals surface area contributed by atoms with Gasteiger partial charge in [0.25, 0.3) is 0 Å². The van der Waals surface area contributed by atoms with Crippen LogP contribution in [-0.4, -0.2) is 40.6 Å². The Morgan fingerprint density at radius 1 is 1.15 bits per heavy atom. The Balaban J connectivity index is 1.57. The Labute approximate surface area is 197 Å². The SMILES string of the molecule is Cc1nc(N2CC3CCC(C2)NC3)c2cc(Cl)c(-c3ccc(F)c4sc(N)nc34)c(F)c2n1. The number of hydrogen-bond acceptors (Lipinski definition) is 7. The van der Waals surface area contributed by atoms with Crippen molar-refractivity contribution in [3.63, 3.8) is 0 Å². The van der Waals surface area contributed by atoms with Crippen molar-refractivity contribution in [1.29, 1.82) is 0 Å². The monoisotopic (exact) mass is 486 g/mol. The van der Waals surface area contributed by atoms with Crippen LogP contribution >= 0.6 is 22.9 Å². The number of rotatable bonds is 2. The molecule has 4 aromatic rings. The topological polar surface area (TPSA) is 80.0 Å². The van der Waals surface area contributed by atoms with Crippen molar-refractivity contribution in [2.24, 2.45) is 5.92 Å². The molecule has 5 heterocycles. The molecule has 3 aliphatic heterocycles. The van der Waals surface area contributed by atoms with Crippen LogP contribution in [0.3, 0.4) is 0 Å². The molecule has 0 radical (unpaired) electrons. The van der Waals surface area contributed by atoms with Gasteiger partial charge in [0, 0.05) is 35.6 Å². The van der Waals surface area contributed by atoms with E-state index in [0.29, 0.717) is 40.1 Å². The summed E-state index contributed by atoms with van der Waals surface area (Å²) in [5, 5.41) is 4.57. The zero-order valence-corrected chi connectivity index (χ0v) is 19.4. The number of nitrogens with one attached hydrogen (secondary N) is 1. The van der Waals surface area contributed by atoms with Crippen molar-refractivity contribution >= 4 is 55.0 Å². The first kappa shape index (κ1) is 20.9. The van der Waals surface area contributed by atoms with Gasteiger partial charge in [0.05, 0.1) is 15.2 Å². The fraction of sp³-hybridized carbons (Fsp3) is 0.348. The number of aryl methyl sites for hydroxylation is 1. The average Bonchev–Trinajstić information content (AvgIpc) is 2.95. The molecular formula is C23H21ClF2N6S. The molecule has 6 nitrogen and oxygen atoms in total. The van der Waals surface area contributed by atoms with Crippen molar-refractivity contribution in [3.8, 4) is 11.1 Å². The number of nitrogens with zero attached hydrogens (tertiary/aromatic N) is 4. The number of piperidine rings is 1. The summed E-state index contributed by atoms with van der Waals surface area (Å²) < 4.78 is 30.7. The molecular weight excluding hydrogens is 466 g/mol.